The Bertz CT molecular complexity index is 3320. The van der Waals surface area contributed by atoms with Crippen LogP contribution < -0.4 is 38.1 Å². The number of nitrogens with one attached hydrogen (secondary N) is 5. The Labute approximate surface area is 666 Å². The number of aliphatic carboxylic acids is 2. The Balaban J connectivity index is 0.00000206. The van der Waals surface area contributed by atoms with E-state index in [0.29, 0.717) is 12.1 Å². The molecular weight excluding hydrogens is 1590 g/mol. The lowest BCUT2D eigenvalue weighted by Gasteiger charge is -2.47. The van der Waals surface area contributed by atoms with Gasteiger partial charge < -0.3 is 96.4 Å². The van der Waals surface area contributed by atoms with Crippen molar-refractivity contribution in [3.05, 3.63) is 71.8 Å². The van der Waals surface area contributed by atoms with Crippen molar-refractivity contribution in [3.8, 4) is 0 Å². The van der Waals surface area contributed by atoms with Crippen molar-refractivity contribution in [2.24, 2.45) is 44.0 Å². The standard InChI is InChI=1S/C38H58BrN3O13.C34H50BrN3O13.C4H11N/c1-8-9-17-40-28(44)16-15-27(42-34(51)55-23-26-13-11-10-12-14-26)30(46)41-22-29(45)52-20-21-54-33(50)37(6,24-35(2,3)32(49)53-19-18-43)36(4,5)25-38(7,39)31(47)48;1-31(2,28(45)49-15-14-39)20-33(5,32(3,4)21-34(6,35)27(43)44)29(46)50-17-16-48-25(41)18-37-26(42)23(12-13-24(36)40)38-30(47)51-19-22-10-8-7-9-11-22;1-2-3-4-5/h10-14,27,43H,8-9,15-25H2,1-7H3,(H,40,44)(H,41,46)(H,42,51)(H,47,48);7-11,23,39H,12-21H2,1-6H3,(H2,36,40)(H,37,42)(H,38,47)(H,43,44);2-5H2,1H3/t27-,37?,38?;23-,33?,34?;/m00./s1. The molecule has 0 saturated heterocycles. The average molecular weight is 1710 g/mol. The van der Waals surface area contributed by atoms with E-state index >= 15 is 0 Å². The van der Waals surface area contributed by atoms with Crippen LogP contribution in [0, 0.1) is 32.5 Å². The summed E-state index contributed by atoms with van der Waals surface area (Å²) >= 11 is 6.45. The van der Waals surface area contributed by atoms with Gasteiger partial charge in [-0.3, -0.25) is 57.5 Å². The third-order valence-electron chi connectivity index (χ3n) is 18.0. The lowest BCUT2D eigenvalue weighted by molar-refractivity contribution is -0.175. The molecule has 2 aromatic carbocycles. The summed E-state index contributed by atoms with van der Waals surface area (Å²) in [4.78, 5) is 176. The van der Waals surface area contributed by atoms with Crippen LogP contribution in [0.15, 0.2) is 60.7 Å². The minimum absolute atomic E-state index is 0.0541. The van der Waals surface area contributed by atoms with Crippen LogP contribution in [0.4, 0.5) is 9.59 Å². The summed E-state index contributed by atoms with van der Waals surface area (Å²) < 4.78 is 38.9. The molecular formula is C76H119Br2N7O26. The van der Waals surface area contributed by atoms with Gasteiger partial charge in [0.15, 0.2) is 0 Å². The number of nitrogens with two attached hydrogens (primary N) is 2. The number of carboxylic acid groups (broad SMARTS) is 2. The number of alkyl carbamates (subject to hydrolysis) is 2. The molecule has 4 unspecified atom stereocenters. The van der Waals surface area contributed by atoms with Crippen molar-refractivity contribution >= 4 is 115 Å². The van der Waals surface area contributed by atoms with Crippen LogP contribution in [-0.4, -0.2) is 204 Å². The summed E-state index contributed by atoms with van der Waals surface area (Å²) in [6, 6.07) is 15.2. The van der Waals surface area contributed by atoms with Crippen molar-refractivity contribution in [2.45, 2.75) is 208 Å². The summed E-state index contributed by atoms with van der Waals surface area (Å²) in [5, 5.41) is 49.9. The smallest absolute Gasteiger partial charge is 0.408 e. The SMILES string of the molecule is CC(C)(CC(C)(C(=O)OCCOC(=O)CNC(=O)[C@H](CCC(N)=O)NC(=O)OCc1ccccc1)C(C)(C)CC(C)(Br)C(=O)O)C(=O)OCCO.CCCCN.CCCCNC(=O)CC[C@H](NC(=O)OCc1ccccc1)C(=O)NCC(=O)OCCOC(=O)C(C)(CC(C)(C)C(=O)OCCO)C(C)(C)CC(C)(Br)C(=O)O. The van der Waals surface area contributed by atoms with Gasteiger partial charge in [0, 0.05) is 19.4 Å². The normalized spacial score (nSPS) is 14.0. The van der Waals surface area contributed by atoms with E-state index in [-0.39, 0.29) is 83.7 Å². The van der Waals surface area contributed by atoms with Gasteiger partial charge in [-0.05, 0) is 135 Å². The van der Waals surface area contributed by atoms with Gasteiger partial charge in [-0.1, -0.05) is 147 Å². The lowest BCUT2D eigenvalue weighted by Crippen LogP contribution is -2.51. The summed E-state index contributed by atoms with van der Waals surface area (Å²) in [5.41, 5.74) is 4.08. The molecule has 0 aliphatic carbocycles. The molecule has 13 N–H and O–H groups in total. The van der Waals surface area contributed by atoms with Crippen LogP contribution in [0.5, 0.6) is 0 Å². The molecule has 0 aliphatic rings. The molecule has 2 rings (SSSR count). The fraction of sp³-hybridized carbons (Fsp3) is 0.658. The number of carboxylic acids is 2. The number of alkyl halides is 2. The van der Waals surface area contributed by atoms with Crippen molar-refractivity contribution < 1.29 is 125 Å². The first-order valence-electron chi connectivity index (χ1n) is 36.4. The number of aliphatic hydroxyl groups excluding tert-OH is 2. The third kappa shape index (κ3) is 39.0. The number of ether oxygens (including phenoxy) is 8. The van der Waals surface area contributed by atoms with Gasteiger partial charge >= 0.3 is 59.9 Å². The molecule has 2 aromatic rings. The topological polar surface area (TPSA) is 506 Å². The monoisotopic (exact) mass is 1700 g/mol. The summed E-state index contributed by atoms with van der Waals surface area (Å²) in [5.74, 6) is -9.66. The summed E-state index contributed by atoms with van der Waals surface area (Å²) in [6.45, 7) is 20.0. The highest BCUT2D eigenvalue weighted by Gasteiger charge is 2.57. The molecule has 0 heterocycles. The van der Waals surface area contributed by atoms with Gasteiger partial charge in [0.1, 0.15) is 86.7 Å². The molecule has 628 valence electrons. The van der Waals surface area contributed by atoms with Crippen LogP contribution in [0.3, 0.4) is 0 Å². The second-order valence-corrected chi connectivity index (χ2v) is 33.2. The van der Waals surface area contributed by atoms with E-state index in [1.165, 1.54) is 26.7 Å². The molecule has 0 fully saturated rings. The van der Waals surface area contributed by atoms with Crippen LogP contribution in [0.2, 0.25) is 0 Å². The van der Waals surface area contributed by atoms with Crippen molar-refractivity contribution in [3.63, 3.8) is 0 Å². The van der Waals surface area contributed by atoms with Gasteiger partial charge in [-0.15, -0.1) is 0 Å². The van der Waals surface area contributed by atoms with Crippen molar-refractivity contribution in [2.75, 3.05) is 79.0 Å². The van der Waals surface area contributed by atoms with Crippen LogP contribution >= 0.6 is 31.9 Å². The zero-order valence-corrected chi connectivity index (χ0v) is 69.7. The lowest BCUT2D eigenvalue weighted by atomic mass is 9.57. The Morgan fingerprint density at radius 1 is 0.450 bits per heavy atom. The van der Waals surface area contributed by atoms with E-state index in [4.69, 9.17) is 59.6 Å². The zero-order valence-electron chi connectivity index (χ0n) is 66.5. The molecule has 0 aromatic heterocycles. The molecule has 0 aliphatic heterocycles. The second-order valence-electron chi connectivity index (χ2n) is 29.7. The first kappa shape index (κ1) is 102. The quantitative estimate of drug-likeness (QED) is 0.0139. The number of benzene rings is 2. The highest BCUT2D eigenvalue weighted by molar-refractivity contribution is 9.10. The number of aliphatic hydroxyl groups is 2. The number of rotatable bonds is 49. The number of hydrogen-bond donors (Lipinski definition) is 11. The first-order chi connectivity index (χ1) is 51.6. The molecule has 0 bridgehead atoms. The average Bonchev–Trinajstić information content (AvgIpc) is 0.763. The molecule has 33 nitrogen and oxygen atoms in total. The van der Waals surface area contributed by atoms with Crippen molar-refractivity contribution in [1.82, 2.24) is 26.6 Å². The third-order valence-corrected chi connectivity index (χ3v) is 19.3. The Hall–Kier alpha value is -8.54. The first-order valence-corrected chi connectivity index (χ1v) is 38.0. The maximum atomic E-state index is 13.8. The number of carbonyl (C=O) groups excluding carboxylic acids is 12. The Morgan fingerprint density at radius 3 is 1.11 bits per heavy atom. The van der Waals surface area contributed by atoms with Gasteiger partial charge in [0.2, 0.25) is 23.6 Å². The number of unbranched alkanes of at least 4 members (excludes halogenated alkanes) is 2. The zero-order chi connectivity index (χ0) is 85.0. The highest BCUT2D eigenvalue weighted by atomic mass is 79.9. The van der Waals surface area contributed by atoms with E-state index < -0.39 is 184 Å². The van der Waals surface area contributed by atoms with E-state index in [1.54, 1.807) is 124 Å². The van der Waals surface area contributed by atoms with Crippen LogP contribution in [0.1, 0.15) is 185 Å². The van der Waals surface area contributed by atoms with Crippen LogP contribution in [0.25, 0.3) is 0 Å². The number of esters is 6. The largest absolute Gasteiger partial charge is 0.480 e. The number of halogens is 2. The fourth-order valence-electron chi connectivity index (χ4n) is 11.1. The Morgan fingerprint density at radius 2 is 0.793 bits per heavy atom. The summed E-state index contributed by atoms with van der Waals surface area (Å²) in [6.07, 6.45) is 1.27. The van der Waals surface area contributed by atoms with E-state index in [2.05, 4.69) is 65.4 Å². The van der Waals surface area contributed by atoms with E-state index in [9.17, 15) is 77.3 Å². The number of amides is 6. The molecule has 35 heteroatoms. The molecule has 6 atom stereocenters. The summed E-state index contributed by atoms with van der Waals surface area (Å²) in [7, 11) is 0. The van der Waals surface area contributed by atoms with Gasteiger partial charge in [-0.2, -0.15) is 0 Å². The maximum absolute atomic E-state index is 13.8. The second kappa shape index (κ2) is 50.5. The van der Waals surface area contributed by atoms with E-state index in [1.807, 2.05) is 13.0 Å². The molecule has 0 spiro atoms. The molecule has 0 saturated carbocycles. The number of carbonyl (C=O) groups is 14. The minimum Gasteiger partial charge on any atom is -0.480 e. The predicted molar refractivity (Wildman–Crippen MR) is 412 cm³/mol. The van der Waals surface area contributed by atoms with E-state index in [0.717, 1.165) is 24.9 Å². The maximum Gasteiger partial charge on any atom is 0.408 e. The molecule has 0 radical (unpaired) electrons. The molecule has 6 amide bonds. The fourth-order valence-corrected chi connectivity index (χ4v) is 12.5. The number of primary amides is 1. The van der Waals surface area contributed by atoms with Gasteiger partial charge in [-0.25, -0.2) is 9.59 Å². The van der Waals surface area contributed by atoms with Gasteiger partial charge in [0.05, 0.1) is 34.9 Å². The van der Waals surface area contributed by atoms with Gasteiger partial charge in [0.25, 0.3) is 0 Å². The highest BCUT2D eigenvalue weighted by Crippen LogP contribution is 2.54. The molecule has 111 heavy (non-hydrogen) atoms. The van der Waals surface area contributed by atoms with Crippen LogP contribution in [-0.2, 0) is 109 Å². The van der Waals surface area contributed by atoms with Crippen molar-refractivity contribution in [1.29, 1.82) is 0 Å². The predicted octanol–water partition coefficient (Wildman–Crippen LogP) is 6.90. The Kier molecular flexibility index (Phi) is 46.6. The minimum atomic E-state index is -1.48. The number of hydrogen-bond acceptors (Lipinski definition) is 25.